The molecule has 0 unspecified atom stereocenters. The molecule has 0 aliphatic heterocycles. The van der Waals surface area contributed by atoms with Crippen LogP contribution in [0.15, 0.2) is 21.8 Å². The number of halogens is 1. The molecule has 0 bridgehead atoms. The molecule has 0 aromatic carbocycles. The van der Waals surface area contributed by atoms with Crippen molar-refractivity contribution in [3.8, 4) is 0 Å². The number of methoxy groups -OCH3 is 1. The fourth-order valence-corrected chi connectivity index (χ4v) is 1.40. The van der Waals surface area contributed by atoms with Gasteiger partial charge in [-0.25, -0.2) is 0 Å². The van der Waals surface area contributed by atoms with Crippen molar-refractivity contribution in [3.63, 3.8) is 0 Å². The summed E-state index contributed by atoms with van der Waals surface area (Å²) < 4.78 is 7.19. The van der Waals surface area contributed by atoms with Crippen LogP contribution in [-0.4, -0.2) is 24.9 Å². The third-order valence-corrected chi connectivity index (χ3v) is 2.20. The SMILES string of the molecule is CO[C@H](/C=C/I)CC/C=C(/C)CO. The Morgan fingerprint density at radius 1 is 1.62 bits per heavy atom. The molecule has 0 amide bonds. The van der Waals surface area contributed by atoms with Gasteiger partial charge in [0.2, 0.25) is 0 Å². The van der Waals surface area contributed by atoms with Gasteiger partial charge in [0.1, 0.15) is 0 Å². The van der Waals surface area contributed by atoms with E-state index in [1.54, 1.807) is 7.11 Å². The first-order chi connectivity index (χ1) is 6.24. The zero-order chi connectivity index (χ0) is 10.1. The highest BCUT2D eigenvalue weighted by molar-refractivity contribution is 14.1. The minimum absolute atomic E-state index is 0.153. The van der Waals surface area contributed by atoms with Gasteiger partial charge in [-0.15, -0.1) is 0 Å². The van der Waals surface area contributed by atoms with Crippen molar-refractivity contribution < 1.29 is 9.84 Å². The summed E-state index contributed by atoms with van der Waals surface area (Å²) in [5.74, 6) is 0. The average molecular weight is 296 g/mol. The Kier molecular flexibility index (Phi) is 8.80. The number of aliphatic hydroxyl groups excluding tert-OH is 1. The topological polar surface area (TPSA) is 29.5 Å². The summed E-state index contributed by atoms with van der Waals surface area (Å²) in [6.07, 6.45) is 6.19. The monoisotopic (exact) mass is 296 g/mol. The Morgan fingerprint density at radius 3 is 2.77 bits per heavy atom. The highest BCUT2D eigenvalue weighted by Crippen LogP contribution is 2.06. The first kappa shape index (κ1) is 13.1. The Balaban J connectivity index is 3.72. The van der Waals surface area contributed by atoms with E-state index in [1.807, 2.05) is 23.2 Å². The molecule has 0 aliphatic rings. The maximum atomic E-state index is 8.75. The van der Waals surface area contributed by atoms with Gasteiger partial charge in [0, 0.05) is 7.11 Å². The minimum atomic E-state index is 0.153. The molecule has 0 rings (SSSR count). The van der Waals surface area contributed by atoms with E-state index in [4.69, 9.17) is 9.84 Å². The second-order valence-electron chi connectivity index (χ2n) is 2.88. The first-order valence-electron chi connectivity index (χ1n) is 4.30. The fraction of sp³-hybridized carbons (Fsp3) is 0.600. The van der Waals surface area contributed by atoms with Gasteiger partial charge in [0.25, 0.3) is 0 Å². The highest BCUT2D eigenvalue weighted by Gasteiger charge is 1.99. The van der Waals surface area contributed by atoms with Gasteiger partial charge < -0.3 is 9.84 Å². The molecule has 13 heavy (non-hydrogen) atoms. The molecular formula is C10H17IO2. The molecule has 0 fully saturated rings. The molecule has 0 aromatic rings. The second-order valence-corrected chi connectivity index (χ2v) is 3.60. The number of aliphatic hydroxyl groups is 1. The largest absolute Gasteiger partial charge is 0.392 e. The third kappa shape index (κ3) is 7.22. The predicted octanol–water partition coefficient (Wildman–Crippen LogP) is 2.67. The van der Waals surface area contributed by atoms with Crippen LogP contribution < -0.4 is 0 Å². The Hall–Kier alpha value is 0.130. The summed E-state index contributed by atoms with van der Waals surface area (Å²) in [6, 6.07) is 0. The van der Waals surface area contributed by atoms with Crippen molar-refractivity contribution in [3.05, 3.63) is 21.8 Å². The van der Waals surface area contributed by atoms with Gasteiger partial charge in [0.15, 0.2) is 0 Å². The van der Waals surface area contributed by atoms with Crippen LogP contribution in [0.1, 0.15) is 19.8 Å². The molecular weight excluding hydrogens is 279 g/mol. The third-order valence-electron chi connectivity index (χ3n) is 1.78. The molecule has 0 heterocycles. The summed E-state index contributed by atoms with van der Waals surface area (Å²) >= 11 is 2.18. The molecule has 2 nitrogen and oxygen atoms in total. The van der Waals surface area contributed by atoms with E-state index in [0.717, 1.165) is 18.4 Å². The van der Waals surface area contributed by atoms with Gasteiger partial charge in [-0.1, -0.05) is 34.2 Å². The number of allylic oxidation sites excluding steroid dienone is 1. The molecule has 0 aromatic heterocycles. The van der Waals surface area contributed by atoms with Crippen LogP contribution in [-0.2, 0) is 4.74 Å². The quantitative estimate of drug-likeness (QED) is 0.603. The number of rotatable bonds is 6. The summed E-state index contributed by atoms with van der Waals surface area (Å²) in [5, 5.41) is 8.75. The molecule has 3 heteroatoms. The highest BCUT2D eigenvalue weighted by atomic mass is 127. The maximum Gasteiger partial charge on any atom is 0.0762 e. The molecule has 1 N–H and O–H groups in total. The number of ether oxygens (including phenoxy) is 1. The van der Waals surface area contributed by atoms with E-state index in [9.17, 15) is 0 Å². The van der Waals surface area contributed by atoms with Crippen LogP contribution in [0, 0.1) is 0 Å². The Bertz CT molecular complexity index is 176. The predicted molar refractivity (Wildman–Crippen MR) is 64.0 cm³/mol. The second kappa shape index (κ2) is 8.72. The van der Waals surface area contributed by atoms with Crippen molar-refractivity contribution in [2.24, 2.45) is 0 Å². The Labute approximate surface area is 93.8 Å². The fourth-order valence-electron chi connectivity index (χ4n) is 0.932. The van der Waals surface area contributed by atoms with Crippen LogP contribution in [0.25, 0.3) is 0 Å². The zero-order valence-corrected chi connectivity index (χ0v) is 10.3. The molecule has 0 saturated heterocycles. The van der Waals surface area contributed by atoms with E-state index in [2.05, 4.69) is 22.6 Å². The van der Waals surface area contributed by atoms with Gasteiger partial charge in [-0.3, -0.25) is 0 Å². The molecule has 0 radical (unpaired) electrons. The van der Waals surface area contributed by atoms with Gasteiger partial charge >= 0.3 is 0 Å². The van der Waals surface area contributed by atoms with Crippen molar-refractivity contribution in [2.75, 3.05) is 13.7 Å². The van der Waals surface area contributed by atoms with Gasteiger partial charge in [0.05, 0.1) is 12.7 Å². The van der Waals surface area contributed by atoms with E-state index in [0.29, 0.717) is 0 Å². The number of hydrogen-bond donors (Lipinski definition) is 1. The smallest absolute Gasteiger partial charge is 0.0762 e. The van der Waals surface area contributed by atoms with Gasteiger partial charge in [-0.05, 0) is 29.9 Å². The van der Waals surface area contributed by atoms with Crippen LogP contribution in [0.2, 0.25) is 0 Å². The lowest BCUT2D eigenvalue weighted by Crippen LogP contribution is -2.05. The summed E-state index contributed by atoms with van der Waals surface area (Å²) in [7, 11) is 1.71. The lowest BCUT2D eigenvalue weighted by atomic mass is 10.1. The summed E-state index contributed by atoms with van der Waals surface area (Å²) in [5.41, 5.74) is 1.02. The lowest BCUT2D eigenvalue weighted by molar-refractivity contribution is 0.134. The van der Waals surface area contributed by atoms with Crippen LogP contribution in [0.4, 0.5) is 0 Å². The van der Waals surface area contributed by atoms with Crippen LogP contribution in [0.3, 0.4) is 0 Å². The lowest BCUT2D eigenvalue weighted by Gasteiger charge is -2.08. The molecule has 76 valence electrons. The van der Waals surface area contributed by atoms with Gasteiger partial charge in [-0.2, -0.15) is 0 Å². The average Bonchev–Trinajstić information content (AvgIpc) is 2.16. The molecule has 0 saturated carbocycles. The molecule has 0 spiro atoms. The van der Waals surface area contributed by atoms with Crippen molar-refractivity contribution in [1.29, 1.82) is 0 Å². The van der Waals surface area contributed by atoms with E-state index in [-0.39, 0.29) is 12.7 Å². The minimum Gasteiger partial charge on any atom is -0.392 e. The standard InChI is InChI=1S/C10H17IO2/c1-9(8-12)4-3-5-10(13-2)6-7-11/h4,6-7,10,12H,3,5,8H2,1-2H3/b7-6+,9-4-/t10-/m0/s1. The molecule has 1 atom stereocenters. The zero-order valence-electron chi connectivity index (χ0n) is 8.16. The summed E-state index contributed by atoms with van der Waals surface area (Å²) in [4.78, 5) is 0. The molecule has 0 aliphatic carbocycles. The normalized spacial score (nSPS) is 15.2. The van der Waals surface area contributed by atoms with E-state index >= 15 is 0 Å². The van der Waals surface area contributed by atoms with Crippen molar-refractivity contribution >= 4 is 22.6 Å². The van der Waals surface area contributed by atoms with Crippen molar-refractivity contribution in [1.82, 2.24) is 0 Å². The first-order valence-corrected chi connectivity index (χ1v) is 5.55. The van der Waals surface area contributed by atoms with Crippen molar-refractivity contribution in [2.45, 2.75) is 25.9 Å². The van der Waals surface area contributed by atoms with Crippen LogP contribution in [0.5, 0.6) is 0 Å². The maximum absolute atomic E-state index is 8.75. The van der Waals surface area contributed by atoms with E-state index in [1.165, 1.54) is 0 Å². The summed E-state index contributed by atoms with van der Waals surface area (Å²) in [6.45, 7) is 2.08. The Morgan fingerprint density at radius 2 is 2.31 bits per heavy atom. The van der Waals surface area contributed by atoms with E-state index < -0.39 is 0 Å². The number of hydrogen-bond acceptors (Lipinski definition) is 2. The van der Waals surface area contributed by atoms with Crippen LogP contribution >= 0.6 is 22.6 Å².